The van der Waals surface area contributed by atoms with E-state index in [4.69, 9.17) is 13.9 Å². The summed E-state index contributed by atoms with van der Waals surface area (Å²) in [6, 6.07) is 14.9. The van der Waals surface area contributed by atoms with Crippen LogP contribution in [0.3, 0.4) is 0 Å². The van der Waals surface area contributed by atoms with E-state index in [2.05, 4.69) is 15.5 Å². The molecule has 1 amide bonds. The number of benzene rings is 2. The topological polar surface area (TPSA) is 86.5 Å². The SMILES string of the molecule is COc1ccc(CNC(=O)CCc2nnc(-c3ccc(OC)cc3)o2)cc1. The molecule has 0 fully saturated rings. The molecule has 0 aliphatic rings. The van der Waals surface area contributed by atoms with Gasteiger partial charge in [-0.3, -0.25) is 4.79 Å². The Morgan fingerprint density at radius 3 is 2.22 bits per heavy atom. The van der Waals surface area contributed by atoms with Gasteiger partial charge >= 0.3 is 0 Å². The van der Waals surface area contributed by atoms with Crippen molar-refractivity contribution >= 4 is 5.91 Å². The van der Waals surface area contributed by atoms with Gasteiger partial charge in [-0.25, -0.2) is 0 Å². The van der Waals surface area contributed by atoms with Gasteiger partial charge in [0.05, 0.1) is 14.2 Å². The summed E-state index contributed by atoms with van der Waals surface area (Å²) in [5.41, 5.74) is 1.81. The highest BCUT2D eigenvalue weighted by atomic mass is 16.5. The second kappa shape index (κ2) is 8.84. The minimum absolute atomic E-state index is 0.0741. The molecule has 1 N–H and O–H groups in total. The zero-order valence-electron chi connectivity index (χ0n) is 15.3. The lowest BCUT2D eigenvalue weighted by atomic mass is 10.2. The third kappa shape index (κ3) is 5.07. The molecule has 0 bridgehead atoms. The Morgan fingerprint density at radius 2 is 1.59 bits per heavy atom. The van der Waals surface area contributed by atoms with Gasteiger partial charge < -0.3 is 19.2 Å². The highest BCUT2D eigenvalue weighted by Crippen LogP contribution is 2.21. The summed E-state index contributed by atoms with van der Waals surface area (Å²) in [5, 5.41) is 10.9. The number of nitrogens with zero attached hydrogens (tertiary/aromatic N) is 2. The van der Waals surface area contributed by atoms with Crippen LogP contribution < -0.4 is 14.8 Å². The standard InChI is InChI=1S/C20H21N3O4/c1-25-16-7-3-14(4-8-16)13-21-18(24)11-12-19-22-23-20(27-19)15-5-9-17(26-2)10-6-15/h3-10H,11-13H2,1-2H3,(H,21,24). The zero-order valence-corrected chi connectivity index (χ0v) is 15.3. The highest BCUT2D eigenvalue weighted by molar-refractivity contribution is 5.76. The normalized spacial score (nSPS) is 10.4. The fourth-order valence-electron chi connectivity index (χ4n) is 2.46. The number of carbonyl (C=O) groups excluding carboxylic acids is 1. The lowest BCUT2D eigenvalue weighted by molar-refractivity contribution is -0.121. The molecule has 0 unspecified atom stereocenters. The first-order valence-corrected chi connectivity index (χ1v) is 8.54. The Kier molecular flexibility index (Phi) is 6.04. The zero-order chi connectivity index (χ0) is 19.1. The van der Waals surface area contributed by atoms with Gasteiger partial charge in [-0.15, -0.1) is 10.2 Å². The van der Waals surface area contributed by atoms with Crippen molar-refractivity contribution in [2.24, 2.45) is 0 Å². The number of hydrogen-bond donors (Lipinski definition) is 1. The number of methoxy groups -OCH3 is 2. The van der Waals surface area contributed by atoms with Crippen LogP contribution in [0.2, 0.25) is 0 Å². The fraction of sp³-hybridized carbons (Fsp3) is 0.250. The largest absolute Gasteiger partial charge is 0.497 e. The summed E-state index contributed by atoms with van der Waals surface area (Å²) in [7, 11) is 3.23. The average molecular weight is 367 g/mol. The first-order valence-electron chi connectivity index (χ1n) is 8.54. The Balaban J connectivity index is 1.47. The molecule has 1 heterocycles. The van der Waals surface area contributed by atoms with Gasteiger partial charge in [0.2, 0.25) is 17.7 Å². The van der Waals surface area contributed by atoms with Crippen molar-refractivity contribution in [1.29, 1.82) is 0 Å². The minimum Gasteiger partial charge on any atom is -0.497 e. The predicted octanol–water partition coefficient (Wildman–Crippen LogP) is 3.00. The summed E-state index contributed by atoms with van der Waals surface area (Å²) >= 11 is 0. The molecule has 0 saturated heterocycles. The van der Waals surface area contributed by atoms with Crippen LogP contribution in [-0.2, 0) is 17.8 Å². The van der Waals surface area contributed by atoms with E-state index in [1.165, 1.54) is 0 Å². The van der Waals surface area contributed by atoms with Crippen LogP contribution in [-0.4, -0.2) is 30.3 Å². The molecule has 0 atom stereocenters. The molecule has 1 aromatic heterocycles. The molecular weight excluding hydrogens is 346 g/mol. The molecule has 3 rings (SSSR count). The molecule has 0 radical (unpaired) electrons. The van der Waals surface area contributed by atoms with E-state index in [1.54, 1.807) is 14.2 Å². The van der Waals surface area contributed by atoms with Gasteiger partial charge in [-0.2, -0.15) is 0 Å². The first-order chi connectivity index (χ1) is 13.2. The highest BCUT2D eigenvalue weighted by Gasteiger charge is 2.11. The van der Waals surface area contributed by atoms with E-state index in [0.717, 1.165) is 22.6 Å². The quantitative estimate of drug-likeness (QED) is 0.659. The number of amides is 1. The van der Waals surface area contributed by atoms with Crippen LogP contribution in [0.5, 0.6) is 11.5 Å². The number of aryl methyl sites for hydroxylation is 1. The predicted molar refractivity (Wildman–Crippen MR) is 99.4 cm³/mol. The molecular formula is C20H21N3O4. The number of ether oxygens (including phenoxy) is 2. The Morgan fingerprint density at radius 1 is 0.963 bits per heavy atom. The minimum atomic E-state index is -0.0741. The van der Waals surface area contributed by atoms with E-state index in [9.17, 15) is 4.79 Å². The van der Waals surface area contributed by atoms with Gasteiger partial charge in [0.15, 0.2) is 0 Å². The number of nitrogens with one attached hydrogen (secondary N) is 1. The van der Waals surface area contributed by atoms with Crippen molar-refractivity contribution in [2.45, 2.75) is 19.4 Å². The number of hydrogen-bond acceptors (Lipinski definition) is 6. The Labute approximate surface area is 157 Å². The van der Waals surface area contributed by atoms with Crippen molar-refractivity contribution in [3.63, 3.8) is 0 Å². The van der Waals surface area contributed by atoms with Gasteiger partial charge in [-0.05, 0) is 42.0 Å². The maximum absolute atomic E-state index is 12.0. The van der Waals surface area contributed by atoms with E-state index in [0.29, 0.717) is 24.7 Å². The van der Waals surface area contributed by atoms with Crippen molar-refractivity contribution in [3.8, 4) is 23.0 Å². The summed E-state index contributed by atoms with van der Waals surface area (Å²) in [6.07, 6.45) is 0.665. The number of rotatable bonds is 8. The molecule has 0 aliphatic carbocycles. The van der Waals surface area contributed by atoms with Crippen LogP contribution >= 0.6 is 0 Å². The van der Waals surface area contributed by atoms with Gasteiger partial charge in [0.1, 0.15) is 11.5 Å². The number of carbonyl (C=O) groups is 1. The lowest BCUT2D eigenvalue weighted by Gasteiger charge is -2.05. The number of aromatic nitrogens is 2. The van der Waals surface area contributed by atoms with Crippen molar-refractivity contribution < 1.29 is 18.7 Å². The van der Waals surface area contributed by atoms with Gasteiger partial charge in [0, 0.05) is 24.9 Å². The van der Waals surface area contributed by atoms with Crippen LogP contribution in [0.25, 0.3) is 11.5 Å². The van der Waals surface area contributed by atoms with E-state index in [-0.39, 0.29) is 12.3 Å². The smallest absolute Gasteiger partial charge is 0.247 e. The third-order valence-corrected chi connectivity index (χ3v) is 4.02. The van der Waals surface area contributed by atoms with Crippen molar-refractivity contribution in [2.75, 3.05) is 14.2 Å². The van der Waals surface area contributed by atoms with Gasteiger partial charge in [-0.1, -0.05) is 12.1 Å². The van der Waals surface area contributed by atoms with Crippen LogP contribution in [0.4, 0.5) is 0 Å². The van der Waals surface area contributed by atoms with Crippen molar-refractivity contribution in [1.82, 2.24) is 15.5 Å². The van der Waals surface area contributed by atoms with E-state index in [1.807, 2.05) is 48.5 Å². The fourth-order valence-corrected chi connectivity index (χ4v) is 2.46. The molecule has 7 heteroatoms. The van der Waals surface area contributed by atoms with E-state index < -0.39 is 0 Å². The molecule has 7 nitrogen and oxygen atoms in total. The van der Waals surface area contributed by atoms with Crippen LogP contribution in [0.15, 0.2) is 52.9 Å². The Hall–Kier alpha value is -3.35. The second-order valence-corrected chi connectivity index (χ2v) is 5.85. The van der Waals surface area contributed by atoms with E-state index >= 15 is 0 Å². The van der Waals surface area contributed by atoms with Gasteiger partial charge in [0.25, 0.3) is 0 Å². The third-order valence-electron chi connectivity index (χ3n) is 4.02. The van der Waals surface area contributed by atoms with Crippen LogP contribution in [0, 0.1) is 0 Å². The molecule has 0 spiro atoms. The lowest BCUT2D eigenvalue weighted by Crippen LogP contribution is -2.23. The second-order valence-electron chi connectivity index (χ2n) is 5.85. The molecule has 0 saturated carbocycles. The first kappa shape index (κ1) is 18.4. The maximum Gasteiger partial charge on any atom is 0.247 e. The molecule has 0 aliphatic heterocycles. The summed E-state index contributed by atoms with van der Waals surface area (Å²) in [5.74, 6) is 2.32. The summed E-state index contributed by atoms with van der Waals surface area (Å²) in [4.78, 5) is 12.0. The monoisotopic (exact) mass is 367 g/mol. The van der Waals surface area contributed by atoms with Crippen LogP contribution in [0.1, 0.15) is 17.9 Å². The molecule has 2 aromatic carbocycles. The average Bonchev–Trinajstić information content (AvgIpc) is 3.20. The summed E-state index contributed by atoms with van der Waals surface area (Å²) in [6.45, 7) is 0.462. The Bertz CT molecular complexity index is 873. The summed E-state index contributed by atoms with van der Waals surface area (Å²) < 4.78 is 15.9. The molecule has 27 heavy (non-hydrogen) atoms. The maximum atomic E-state index is 12.0. The molecule has 3 aromatic rings. The molecule has 140 valence electrons. The van der Waals surface area contributed by atoms with Crippen molar-refractivity contribution in [3.05, 3.63) is 60.0 Å².